The number of carboxylic acids is 1. The van der Waals surface area contributed by atoms with Gasteiger partial charge in [0.1, 0.15) is 0 Å². The van der Waals surface area contributed by atoms with Crippen molar-refractivity contribution in [2.45, 2.75) is 19.8 Å². The standard InChI is InChI=1S/C12H14O4/c1-8-9(6-7-11(13)14)4-3-5-10(8)12(15)16-2/h3-5H,6-7H2,1-2H3,(H,13,14). The molecular formula is C12H14O4. The molecule has 0 aliphatic carbocycles. The van der Waals surface area contributed by atoms with Gasteiger partial charge in [-0.2, -0.15) is 0 Å². The molecule has 0 saturated carbocycles. The fraction of sp³-hybridized carbons (Fsp3) is 0.333. The van der Waals surface area contributed by atoms with E-state index in [1.165, 1.54) is 7.11 Å². The maximum absolute atomic E-state index is 11.4. The first-order valence-electron chi connectivity index (χ1n) is 4.95. The van der Waals surface area contributed by atoms with Crippen molar-refractivity contribution in [1.82, 2.24) is 0 Å². The molecule has 0 aliphatic heterocycles. The molecule has 4 heteroatoms. The number of rotatable bonds is 4. The molecule has 0 bridgehead atoms. The number of carbonyl (C=O) groups excluding carboxylic acids is 1. The minimum absolute atomic E-state index is 0.0610. The summed E-state index contributed by atoms with van der Waals surface area (Å²) in [5.41, 5.74) is 2.14. The van der Waals surface area contributed by atoms with E-state index in [-0.39, 0.29) is 6.42 Å². The molecule has 16 heavy (non-hydrogen) atoms. The highest BCUT2D eigenvalue weighted by molar-refractivity contribution is 5.91. The van der Waals surface area contributed by atoms with E-state index in [4.69, 9.17) is 5.11 Å². The summed E-state index contributed by atoms with van der Waals surface area (Å²) in [5, 5.41) is 8.60. The van der Waals surface area contributed by atoms with Crippen LogP contribution >= 0.6 is 0 Å². The normalized spacial score (nSPS) is 9.88. The summed E-state index contributed by atoms with van der Waals surface area (Å²) in [6.45, 7) is 1.80. The molecule has 0 fully saturated rings. The van der Waals surface area contributed by atoms with Crippen LogP contribution in [0.15, 0.2) is 18.2 Å². The van der Waals surface area contributed by atoms with Crippen molar-refractivity contribution in [3.8, 4) is 0 Å². The van der Waals surface area contributed by atoms with Crippen LogP contribution in [0.25, 0.3) is 0 Å². The summed E-state index contributed by atoms with van der Waals surface area (Å²) >= 11 is 0. The highest BCUT2D eigenvalue weighted by atomic mass is 16.5. The number of hydrogen-bond acceptors (Lipinski definition) is 3. The van der Waals surface area contributed by atoms with Gasteiger partial charge in [0.25, 0.3) is 0 Å². The molecule has 0 spiro atoms. The number of carbonyl (C=O) groups is 2. The summed E-state index contributed by atoms with van der Waals surface area (Å²) in [7, 11) is 1.33. The molecule has 1 rings (SSSR count). The Morgan fingerprint density at radius 3 is 2.62 bits per heavy atom. The highest BCUT2D eigenvalue weighted by Gasteiger charge is 2.12. The van der Waals surface area contributed by atoms with E-state index in [0.717, 1.165) is 11.1 Å². The Morgan fingerprint density at radius 2 is 2.06 bits per heavy atom. The Kier molecular flexibility index (Phi) is 4.05. The molecule has 0 radical (unpaired) electrons. The lowest BCUT2D eigenvalue weighted by molar-refractivity contribution is -0.136. The van der Waals surface area contributed by atoms with Crippen molar-refractivity contribution in [2.24, 2.45) is 0 Å². The molecule has 1 aromatic carbocycles. The molecular weight excluding hydrogens is 208 g/mol. The van der Waals surface area contributed by atoms with Gasteiger partial charge in [0.2, 0.25) is 0 Å². The third-order valence-electron chi connectivity index (χ3n) is 2.46. The van der Waals surface area contributed by atoms with Crippen LogP contribution in [-0.2, 0) is 16.0 Å². The van der Waals surface area contributed by atoms with Gasteiger partial charge < -0.3 is 9.84 Å². The summed E-state index contributed by atoms with van der Waals surface area (Å²) in [6.07, 6.45) is 0.484. The SMILES string of the molecule is COC(=O)c1cccc(CCC(=O)O)c1C. The van der Waals surface area contributed by atoms with E-state index in [9.17, 15) is 9.59 Å². The summed E-state index contributed by atoms with van der Waals surface area (Å²) in [6, 6.07) is 5.23. The van der Waals surface area contributed by atoms with E-state index >= 15 is 0 Å². The Bertz CT molecular complexity index is 409. The predicted molar refractivity (Wildman–Crippen MR) is 58.5 cm³/mol. The molecule has 0 aliphatic rings. The summed E-state index contributed by atoms with van der Waals surface area (Å²) < 4.78 is 4.64. The van der Waals surface area contributed by atoms with E-state index < -0.39 is 11.9 Å². The van der Waals surface area contributed by atoms with Gasteiger partial charge in [0.15, 0.2) is 0 Å². The van der Waals surface area contributed by atoms with Crippen LogP contribution in [0, 0.1) is 6.92 Å². The van der Waals surface area contributed by atoms with Crippen LogP contribution in [0.3, 0.4) is 0 Å². The van der Waals surface area contributed by atoms with Gasteiger partial charge in [0, 0.05) is 6.42 Å². The van der Waals surface area contributed by atoms with Gasteiger partial charge >= 0.3 is 11.9 Å². The third kappa shape index (κ3) is 2.82. The molecule has 1 N–H and O–H groups in total. The molecule has 86 valence electrons. The van der Waals surface area contributed by atoms with Gasteiger partial charge in [-0.3, -0.25) is 4.79 Å². The first-order valence-corrected chi connectivity index (χ1v) is 4.95. The zero-order valence-electron chi connectivity index (χ0n) is 9.32. The minimum Gasteiger partial charge on any atom is -0.481 e. The lowest BCUT2D eigenvalue weighted by atomic mass is 9.99. The van der Waals surface area contributed by atoms with E-state index in [2.05, 4.69) is 4.74 Å². The molecule has 0 aromatic heterocycles. The smallest absolute Gasteiger partial charge is 0.338 e. The maximum atomic E-state index is 11.4. The van der Waals surface area contributed by atoms with Gasteiger partial charge in [-0.15, -0.1) is 0 Å². The van der Waals surface area contributed by atoms with Gasteiger partial charge in [0.05, 0.1) is 12.7 Å². The molecule has 0 heterocycles. The number of aryl methyl sites for hydroxylation is 1. The average Bonchev–Trinajstić information content (AvgIpc) is 2.26. The van der Waals surface area contributed by atoms with Crippen molar-refractivity contribution >= 4 is 11.9 Å². The van der Waals surface area contributed by atoms with E-state index in [0.29, 0.717) is 12.0 Å². The number of ether oxygens (including phenoxy) is 1. The summed E-state index contributed by atoms with van der Waals surface area (Å²) in [4.78, 5) is 21.9. The van der Waals surface area contributed by atoms with Crippen molar-refractivity contribution in [3.63, 3.8) is 0 Å². The monoisotopic (exact) mass is 222 g/mol. The van der Waals surface area contributed by atoms with Crippen molar-refractivity contribution in [1.29, 1.82) is 0 Å². The van der Waals surface area contributed by atoms with Gasteiger partial charge in [-0.25, -0.2) is 4.79 Å². The number of carboxylic acid groups (broad SMARTS) is 1. The predicted octanol–water partition coefficient (Wildman–Crippen LogP) is 1.80. The fourth-order valence-corrected chi connectivity index (χ4v) is 1.53. The number of aliphatic carboxylic acids is 1. The summed E-state index contributed by atoms with van der Waals surface area (Å²) in [5.74, 6) is -1.24. The number of benzene rings is 1. The quantitative estimate of drug-likeness (QED) is 0.789. The Morgan fingerprint density at radius 1 is 1.38 bits per heavy atom. The number of hydrogen-bond donors (Lipinski definition) is 1. The van der Waals surface area contributed by atoms with Crippen LogP contribution in [0.1, 0.15) is 27.9 Å². The van der Waals surface area contributed by atoms with Crippen LogP contribution in [0.5, 0.6) is 0 Å². The maximum Gasteiger partial charge on any atom is 0.338 e. The van der Waals surface area contributed by atoms with Crippen molar-refractivity contribution < 1.29 is 19.4 Å². The molecule has 4 nitrogen and oxygen atoms in total. The molecule has 0 unspecified atom stereocenters. The van der Waals surface area contributed by atoms with Crippen LogP contribution in [0.4, 0.5) is 0 Å². The van der Waals surface area contributed by atoms with Crippen LogP contribution in [0.2, 0.25) is 0 Å². The van der Waals surface area contributed by atoms with Gasteiger partial charge in [-0.1, -0.05) is 12.1 Å². The average molecular weight is 222 g/mol. The zero-order valence-corrected chi connectivity index (χ0v) is 9.32. The highest BCUT2D eigenvalue weighted by Crippen LogP contribution is 2.16. The van der Waals surface area contributed by atoms with Crippen LogP contribution < -0.4 is 0 Å². The third-order valence-corrected chi connectivity index (χ3v) is 2.46. The zero-order chi connectivity index (χ0) is 12.1. The second kappa shape index (κ2) is 5.30. The fourth-order valence-electron chi connectivity index (χ4n) is 1.53. The van der Waals surface area contributed by atoms with E-state index in [1.54, 1.807) is 19.1 Å². The van der Waals surface area contributed by atoms with Crippen molar-refractivity contribution in [2.75, 3.05) is 7.11 Å². The number of esters is 1. The molecule has 0 saturated heterocycles. The van der Waals surface area contributed by atoms with Gasteiger partial charge in [-0.05, 0) is 30.5 Å². The van der Waals surface area contributed by atoms with Crippen LogP contribution in [-0.4, -0.2) is 24.2 Å². The van der Waals surface area contributed by atoms with Crippen molar-refractivity contribution in [3.05, 3.63) is 34.9 Å². The Balaban J connectivity index is 2.94. The molecule has 0 amide bonds. The largest absolute Gasteiger partial charge is 0.481 e. The number of methoxy groups -OCH3 is 1. The second-order valence-corrected chi connectivity index (χ2v) is 3.48. The topological polar surface area (TPSA) is 63.6 Å². The lowest BCUT2D eigenvalue weighted by Crippen LogP contribution is -2.07. The minimum atomic E-state index is -0.845. The first kappa shape index (κ1) is 12.2. The Hall–Kier alpha value is -1.84. The van der Waals surface area contributed by atoms with E-state index in [1.807, 2.05) is 6.07 Å². The first-order chi connectivity index (χ1) is 7.56. The lowest BCUT2D eigenvalue weighted by Gasteiger charge is -2.08. The second-order valence-electron chi connectivity index (χ2n) is 3.48. The molecule has 1 aromatic rings. The Labute approximate surface area is 93.9 Å². The molecule has 0 atom stereocenters.